The first-order valence-corrected chi connectivity index (χ1v) is 10.6. The molecule has 8 heteroatoms. The standard InChI is InChI=1S/C24H26F3N3O2/c1-13-8-16-15(5-6-20-17(16)11-28-29-20)23(30(13)12-24(2,3)27)22-18(25)9-14(10-19(22)26)4-7-21(31)32/h4-7,9-11,13,17,20,23,29H,8,12H2,1-3H3,(H,31,32)/b7-4+/t13?,17?,20?,23-/m1/s1. The van der Waals surface area contributed by atoms with Crippen molar-refractivity contribution in [2.45, 2.75) is 51.0 Å². The molecule has 170 valence electrons. The summed E-state index contributed by atoms with van der Waals surface area (Å²) >= 11 is 0. The van der Waals surface area contributed by atoms with Crippen LogP contribution in [0.3, 0.4) is 0 Å². The Kier molecular flexibility index (Phi) is 5.75. The molecule has 0 spiro atoms. The van der Waals surface area contributed by atoms with E-state index < -0.39 is 29.3 Å². The number of nitrogens with zero attached hydrogens (tertiary/aromatic N) is 2. The lowest BCUT2D eigenvalue weighted by Crippen LogP contribution is -2.49. The number of nitrogens with one attached hydrogen (secondary N) is 1. The molecule has 4 rings (SSSR count). The highest BCUT2D eigenvalue weighted by molar-refractivity contribution is 5.85. The van der Waals surface area contributed by atoms with Gasteiger partial charge in [-0.1, -0.05) is 17.7 Å². The normalized spacial score (nSPS) is 27.6. The van der Waals surface area contributed by atoms with Gasteiger partial charge in [-0.15, -0.1) is 0 Å². The number of carboxylic acid groups (broad SMARTS) is 1. The van der Waals surface area contributed by atoms with E-state index in [0.717, 1.165) is 35.4 Å². The summed E-state index contributed by atoms with van der Waals surface area (Å²) in [5.74, 6) is -2.81. The van der Waals surface area contributed by atoms with Crippen LogP contribution in [0.5, 0.6) is 0 Å². The zero-order valence-corrected chi connectivity index (χ0v) is 18.1. The van der Waals surface area contributed by atoms with Gasteiger partial charge in [-0.2, -0.15) is 5.10 Å². The second kappa shape index (κ2) is 8.24. The second-order valence-electron chi connectivity index (χ2n) is 9.22. The Morgan fingerprint density at radius 1 is 1.34 bits per heavy atom. The first-order chi connectivity index (χ1) is 15.0. The maximum absolute atomic E-state index is 15.4. The smallest absolute Gasteiger partial charge is 0.328 e. The van der Waals surface area contributed by atoms with Gasteiger partial charge in [-0.05, 0) is 56.5 Å². The van der Waals surface area contributed by atoms with Crippen molar-refractivity contribution in [2.75, 3.05) is 6.54 Å². The first kappa shape index (κ1) is 22.3. The van der Waals surface area contributed by atoms with Crippen LogP contribution in [-0.4, -0.2) is 46.5 Å². The molecular weight excluding hydrogens is 419 g/mol. The van der Waals surface area contributed by atoms with E-state index in [1.165, 1.54) is 13.8 Å². The van der Waals surface area contributed by atoms with E-state index in [9.17, 15) is 9.18 Å². The van der Waals surface area contributed by atoms with Crippen LogP contribution in [0.25, 0.3) is 6.08 Å². The van der Waals surface area contributed by atoms with E-state index in [-0.39, 0.29) is 35.7 Å². The summed E-state index contributed by atoms with van der Waals surface area (Å²) in [5.41, 5.74) is 3.21. The predicted octanol–water partition coefficient (Wildman–Crippen LogP) is 4.39. The van der Waals surface area contributed by atoms with Crippen molar-refractivity contribution in [1.29, 1.82) is 0 Å². The number of fused-ring (bicyclic) bond motifs is 2. The number of rotatable bonds is 5. The van der Waals surface area contributed by atoms with Crippen molar-refractivity contribution in [2.24, 2.45) is 11.0 Å². The van der Waals surface area contributed by atoms with Gasteiger partial charge < -0.3 is 10.5 Å². The monoisotopic (exact) mass is 445 g/mol. The van der Waals surface area contributed by atoms with Crippen LogP contribution in [0.15, 0.2) is 46.6 Å². The molecule has 1 aliphatic carbocycles. The minimum atomic E-state index is -1.57. The van der Waals surface area contributed by atoms with Gasteiger partial charge in [0.15, 0.2) is 0 Å². The molecule has 1 aromatic rings. The Balaban J connectivity index is 1.85. The third-order valence-electron chi connectivity index (χ3n) is 6.16. The molecule has 0 amide bonds. The summed E-state index contributed by atoms with van der Waals surface area (Å²) < 4.78 is 45.5. The molecule has 0 radical (unpaired) electrons. The molecule has 0 fully saturated rings. The third kappa shape index (κ3) is 4.24. The maximum Gasteiger partial charge on any atom is 0.328 e. The summed E-state index contributed by atoms with van der Waals surface area (Å²) in [6, 6.07) is 1.27. The lowest BCUT2D eigenvalue weighted by atomic mass is 9.74. The van der Waals surface area contributed by atoms with E-state index >= 15 is 8.78 Å². The first-order valence-electron chi connectivity index (χ1n) is 10.6. The minimum Gasteiger partial charge on any atom is -0.478 e. The summed E-state index contributed by atoms with van der Waals surface area (Å²) in [6.07, 6.45) is 8.21. The number of aliphatic carboxylic acids is 1. The lowest BCUT2D eigenvalue weighted by Gasteiger charge is -2.46. The fourth-order valence-corrected chi connectivity index (χ4v) is 4.88. The molecule has 5 nitrogen and oxygen atoms in total. The zero-order chi connectivity index (χ0) is 23.2. The summed E-state index contributed by atoms with van der Waals surface area (Å²) in [5, 5.41) is 13.0. The molecule has 0 saturated carbocycles. The quantitative estimate of drug-likeness (QED) is 0.660. The Hall–Kier alpha value is -2.87. The van der Waals surface area contributed by atoms with Gasteiger partial charge in [0.25, 0.3) is 0 Å². The molecule has 32 heavy (non-hydrogen) atoms. The van der Waals surface area contributed by atoms with Gasteiger partial charge in [0.1, 0.15) is 17.3 Å². The van der Waals surface area contributed by atoms with Crippen molar-refractivity contribution >= 4 is 18.3 Å². The highest BCUT2D eigenvalue weighted by atomic mass is 19.1. The highest BCUT2D eigenvalue weighted by Gasteiger charge is 2.43. The van der Waals surface area contributed by atoms with Gasteiger partial charge in [0, 0.05) is 36.4 Å². The molecule has 2 aliphatic heterocycles. The molecule has 2 N–H and O–H groups in total. The van der Waals surface area contributed by atoms with Gasteiger partial charge in [0.05, 0.1) is 12.1 Å². The number of hydrazone groups is 1. The molecular formula is C24H26F3N3O2. The average Bonchev–Trinajstić information content (AvgIpc) is 3.16. The SMILES string of the molecule is CC1CC2=C(C=CC3NN=CC23)[C@H](c2c(F)cc(/C=C/C(=O)O)cc2F)N1CC(C)(C)F. The van der Waals surface area contributed by atoms with E-state index in [1.807, 2.05) is 30.2 Å². The number of benzene rings is 1. The van der Waals surface area contributed by atoms with Crippen LogP contribution in [0.2, 0.25) is 0 Å². The Bertz CT molecular complexity index is 1030. The van der Waals surface area contributed by atoms with Gasteiger partial charge >= 0.3 is 5.97 Å². The van der Waals surface area contributed by atoms with Crippen LogP contribution in [0.1, 0.15) is 44.4 Å². The van der Waals surface area contributed by atoms with E-state index in [4.69, 9.17) is 5.11 Å². The van der Waals surface area contributed by atoms with Crippen molar-refractivity contribution in [3.8, 4) is 0 Å². The lowest BCUT2D eigenvalue weighted by molar-refractivity contribution is -0.131. The maximum atomic E-state index is 15.4. The molecule has 0 aromatic heterocycles. The number of halogens is 3. The number of hydrogen-bond acceptors (Lipinski definition) is 4. The number of alkyl halides is 1. The summed E-state index contributed by atoms with van der Waals surface area (Å²) in [6.45, 7) is 4.85. The van der Waals surface area contributed by atoms with Crippen LogP contribution >= 0.6 is 0 Å². The number of hydrogen-bond donors (Lipinski definition) is 2. The Morgan fingerprint density at radius 3 is 2.66 bits per heavy atom. The van der Waals surface area contributed by atoms with Crippen molar-refractivity contribution in [3.63, 3.8) is 0 Å². The molecule has 3 unspecified atom stereocenters. The fourth-order valence-electron chi connectivity index (χ4n) is 4.88. The van der Waals surface area contributed by atoms with Crippen LogP contribution in [0.4, 0.5) is 13.2 Å². The average molecular weight is 445 g/mol. The van der Waals surface area contributed by atoms with Gasteiger partial charge in [-0.3, -0.25) is 4.90 Å². The zero-order valence-electron chi connectivity index (χ0n) is 18.1. The third-order valence-corrected chi connectivity index (χ3v) is 6.16. The Morgan fingerprint density at radius 2 is 2.03 bits per heavy atom. The van der Waals surface area contributed by atoms with E-state index in [0.29, 0.717) is 6.42 Å². The van der Waals surface area contributed by atoms with Crippen molar-refractivity contribution in [3.05, 3.63) is 64.3 Å². The van der Waals surface area contributed by atoms with Gasteiger partial charge in [0.2, 0.25) is 0 Å². The molecule has 3 aliphatic rings. The molecule has 4 atom stereocenters. The van der Waals surface area contributed by atoms with Crippen molar-refractivity contribution < 1.29 is 23.1 Å². The summed E-state index contributed by atoms with van der Waals surface area (Å²) in [4.78, 5) is 12.6. The Labute approximate surface area is 185 Å². The van der Waals surface area contributed by atoms with Crippen LogP contribution in [0, 0.1) is 17.6 Å². The highest BCUT2D eigenvalue weighted by Crippen LogP contribution is 2.46. The largest absolute Gasteiger partial charge is 0.478 e. The molecule has 0 bridgehead atoms. The van der Waals surface area contributed by atoms with Crippen LogP contribution < -0.4 is 5.43 Å². The minimum absolute atomic E-state index is 0.00341. The summed E-state index contributed by atoms with van der Waals surface area (Å²) in [7, 11) is 0. The predicted molar refractivity (Wildman–Crippen MR) is 117 cm³/mol. The van der Waals surface area contributed by atoms with Gasteiger partial charge in [-0.25, -0.2) is 18.0 Å². The molecule has 0 saturated heterocycles. The van der Waals surface area contributed by atoms with E-state index in [1.54, 1.807) is 0 Å². The van der Waals surface area contributed by atoms with Crippen molar-refractivity contribution in [1.82, 2.24) is 10.3 Å². The number of carbonyl (C=O) groups is 1. The topological polar surface area (TPSA) is 64.9 Å². The van der Waals surface area contributed by atoms with E-state index in [2.05, 4.69) is 10.5 Å². The van der Waals surface area contributed by atoms with Crippen LogP contribution in [-0.2, 0) is 4.79 Å². The number of carboxylic acids is 1. The fraction of sp³-hybridized carbons (Fsp3) is 0.417. The molecule has 1 aromatic carbocycles. The molecule has 2 heterocycles. The second-order valence-corrected chi connectivity index (χ2v) is 9.22.